The van der Waals surface area contributed by atoms with E-state index in [-0.39, 0.29) is 5.88 Å². The van der Waals surface area contributed by atoms with Crippen molar-refractivity contribution in [2.45, 2.75) is 12.8 Å². The summed E-state index contributed by atoms with van der Waals surface area (Å²) in [5.74, 6) is 0.191. The Labute approximate surface area is 130 Å². The van der Waals surface area contributed by atoms with Crippen molar-refractivity contribution in [1.29, 1.82) is 0 Å². The Hall–Kier alpha value is -1.46. The van der Waals surface area contributed by atoms with Gasteiger partial charge < -0.3 is 4.74 Å². The highest BCUT2D eigenvalue weighted by Gasteiger charge is 2.15. The third-order valence-electron chi connectivity index (χ3n) is 2.57. The van der Waals surface area contributed by atoms with Crippen LogP contribution in [-0.2, 0) is 10.6 Å². The number of carbonyl (C=O) groups excluding carboxylic acids is 1. The number of hydrogen-bond acceptors (Lipinski definition) is 4. The van der Waals surface area contributed by atoms with Crippen LogP contribution in [0.4, 0.5) is 0 Å². The summed E-state index contributed by atoms with van der Waals surface area (Å²) in [4.78, 5) is 20.3. The van der Waals surface area contributed by atoms with Crippen molar-refractivity contribution in [1.82, 2.24) is 9.97 Å². The maximum Gasteiger partial charge on any atom is 0.341 e. The fraction of sp³-hybridized carbons (Fsp3) is 0.214. The van der Waals surface area contributed by atoms with Crippen LogP contribution < -0.4 is 0 Å². The lowest BCUT2D eigenvalue weighted by molar-refractivity contribution is 0.0524. The number of carbonyl (C=O) groups is 1. The number of hydrogen-bond donors (Lipinski definition) is 0. The first kappa shape index (κ1) is 14.9. The Balaban J connectivity index is 2.41. The molecule has 2 rings (SSSR count). The molecular weight excluding hydrogens is 344 g/mol. The van der Waals surface area contributed by atoms with Crippen LogP contribution in [-0.4, -0.2) is 22.5 Å². The molecule has 2 aromatic rings. The lowest BCUT2D eigenvalue weighted by Gasteiger charge is -2.08. The van der Waals surface area contributed by atoms with Gasteiger partial charge in [0.2, 0.25) is 0 Å². The molecule has 0 atom stereocenters. The molecule has 0 spiro atoms. The number of rotatable bonds is 4. The first-order valence-corrected chi connectivity index (χ1v) is 7.33. The summed E-state index contributed by atoms with van der Waals surface area (Å²) in [5.41, 5.74) is 1.62. The Morgan fingerprint density at radius 3 is 2.90 bits per heavy atom. The van der Waals surface area contributed by atoms with Crippen molar-refractivity contribution in [3.05, 3.63) is 46.2 Å². The Morgan fingerprint density at radius 1 is 1.45 bits per heavy atom. The Morgan fingerprint density at radius 2 is 2.25 bits per heavy atom. The van der Waals surface area contributed by atoms with Gasteiger partial charge in [0, 0.05) is 16.2 Å². The molecule has 0 amide bonds. The molecule has 0 saturated heterocycles. The van der Waals surface area contributed by atoms with Crippen molar-refractivity contribution in [2.24, 2.45) is 0 Å². The minimum atomic E-state index is -0.455. The number of ether oxygens (including phenoxy) is 1. The SMILES string of the molecule is CCOC(=O)c1cnc(-c2cccc(Br)c2)nc1CCl. The molecule has 0 unspecified atom stereocenters. The number of halogens is 2. The lowest BCUT2D eigenvalue weighted by Crippen LogP contribution is -2.10. The number of nitrogens with zero attached hydrogens (tertiary/aromatic N) is 2. The number of aromatic nitrogens is 2. The van der Waals surface area contributed by atoms with Crippen molar-refractivity contribution < 1.29 is 9.53 Å². The van der Waals surface area contributed by atoms with Crippen LogP contribution in [0.1, 0.15) is 23.0 Å². The average molecular weight is 356 g/mol. The van der Waals surface area contributed by atoms with Crippen molar-refractivity contribution >= 4 is 33.5 Å². The third-order valence-corrected chi connectivity index (χ3v) is 3.32. The average Bonchev–Trinajstić information content (AvgIpc) is 2.46. The van der Waals surface area contributed by atoms with Gasteiger partial charge in [-0.15, -0.1) is 11.6 Å². The van der Waals surface area contributed by atoms with Gasteiger partial charge in [-0.2, -0.15) is 0 Å². The second kappa shape index (κ2) is 6.81. The van der Waals surface area contributed by atoms with E-state index in [4.69, 9.17) is 16.3 Å². The molecule has 20 heavy (non-hydrogen) atoms. The van der Waals surface area contributed by atoms with Crippen LogP contribution in [0, 0.1) is 0 Å². The summed E-state index contributed by atoms with van der Waals surface area (Å²) in [6.07, 6.45) is 1.46. The van der Waals surface area contributed by atoms with Crippen molar-refractivity contribution in [3.8, 4) is 11.4 Å². The molecule has 0 aliphatic carbocycles. The van der Waals surface area contributed by atoms with Gasteiger partial charge in [0.15, 0.2) is 5.82 Å². The second-order valence-electron chi connectivity index (χ2n) is 3.92. The fourth-order valence-corrected chi connectivity index (χ4v) is 2.27. The summed E-state index contributed by atoms with van der Waals surface area (Å²) < 4.78 is 5.88. The molecule has 0 N–H and O–H groups in total. The van der Waals surface area contributed by atoms with Crippen molar-refractivity contribution in [2.75, 3.05) is 6.61 Å². The topological polar surface area (TPSA) is 52.1 Å². The zero-order valence-electron chi connectivity index (χ0n) is 10.8. The molecule has 0 aliphatic heterocycles. The highest BCUT2D eigenvalue weighted by Crippen LogP contribution is 2.21. The van der Waals surface area contributed by atoms with E-state index in [1.54, 1.807) is 6.92 Å². The first-order valence-electron chi connectivity index (χ1n) is 6.00. The third kappa shape index (κ3) is 3.35. The summed E-state index contributed by atoms with van der Waals surface area (Å²) in [6.45, 7) is 2.04. The van der Waals surface area contributed by atoms with Gasteiger partial charge in [0.25, 0.3) is 0 Å². The number of esters is 1. The second-order valence-corrected chi connectivity index (χ2v) is 5.10. The highest BCUT2D eigenvalue weighted by atomic mass is 79.9. The van der Waals surface area contributed by atoms with E-state index in [9.17, 15) is 4.79 Å². The maximum absolute atomic E-state index is 11.8. The Bertz CT molecular complexity index is 634. The van der Waals surface area contributed by atoms with Gasteiger partial charge in [-0.3, -0.25) is 0 Å². The van der Waals surface area contributed by atoms with E-state index in [0.29, 0.717) is 23.7 Å². The minimum Gasteiger partial charge on any atom is -0.462 e. The van der Waals surface area contributed by atoms with Gasteiger partial charge in [-0.25, -0.2) is 14.8 Å². The zero-order valence-corrected chi connectivity index (χ0v) is 13.1. The first-order chi connectivity index (χ1) is 9.65. The largest absolute Gasteiger partial charge is 0.462 e. The van der Waals surface area contributed by atoms with Gasteiger partial charge in [0.1, 0.15) is 5.56 Å². The maximum atomic E-state index is 11.8. The van der Waals surface area contributed by atoms with E-state index >= 15 is 0 Å². The summed E-state index contributed by atoms with van der Waals surface area (Å²) in [7, 11) is 0. The summed E-state index contributed by atoms with van der Waals surface area (Å²) in [6, 6.07) is 7.60. The highest BCUT2D eigenvalue weighted by molar-refractivity contribution is 9.10. The predicted molar refractivity (Wildman–Crippen MR) is 80.7 cm³/mol. The molecule has 6 heteroatoms. The van der Waals surface area contributed by atoms with Gasteiger partial charge in [0.05, 0.1) is 18.2 Å². The van der Waals surface area contributed by atoms with Crippen LogP contribution in [0.25, 0.3) is 11.4 Å². The van der Waals surface area contributed by atoms with E-state index in [2.05, 4.69) is 25.9 Å². The van der Waals surface area contributed by atoms with E-state index in [0.717, 1.165) is 10.0 Å². The zero-order chi connectivity index (χ0) is 14.5. The molecular formula is C14H12BrClN2O2. The minimum absolute atomic E-state index is 0.123. The van der Waals surface area contributed by atoms with Crippen LogP contribution in [0.5, 0.6) is 0 Å². The van der Waals surface area contributed by atoms with Gasteiger partial charge >= 0.3 is 5.97 Å². The lowest BCUT2D eigenvalue weighted by atomic mass is 10.2. The molecule has 1 heterocycles. The molecule has 0 aliphatic rings. The number of alkyl halides is 1. The molecule has 0 radical (unpaired) electrons. The molecule has 4 nitrogen and oxygen atoms in total. The Kier molecular flexibility index (Phi) is 5.09. The number of benzene rings is 1. The van der Waals surface area contributed by atoms with Crippen LogP contribution in [0.2, 0.25) is 0 Å². The molecule has 1 aromatic heterocycles. The quantitative estimate of drug-likeness (QED) is 0.618. The van der Waals surface area contributed by atoms with E-state index in [1.807, 2.05) is 24.3 Å². The monoisotopic (exact) mass is 354 g/mol. The normalized spacial score (nSPS) is 10.3. The van der Waals surface area contributed by atoms with Gasteiger partial charge in [-0.05, 0) is 19.1 Å². The predicted octanol–water partition coefficient (Wildman–Crippen LogP) is 3.82. The van der Waals surface area contributed by atoms with Crippen LogP contribution in [0.15, 0.2) is 34.9 Å². The molecule has 0 bridgehead atoms. The molecule has 0 fully saturated rings. The van der Waals surface area contributed by atoms with Crippen LogP contribution in [0.3, 0.4) is 0 Å². The van der Waals surface area contributed by atoms with E-state index in [1.165, 1.54) is 6.20 Å². The van der Waals surface area contributed by atoms with Gasteiger partial charge in [-0.1, -0.05) is 28.1 Å². The fourth-order valence-electron chi connectivity index (χ4n) is 1.67. The molecule has 0 saturated carbocycles. The summed E-state index contributed by atoms with van der Waals surface area (Å²) >= 11 is 9.26. The van der Waals surface area contributed by atoms with Crippen LogP contribution >= 0.6 is 27.5 Å². The summed E-state index contributed by atoms with van der Waals surface area (Å²) in [5, 5.41) is 0. The van der Waals surface area contributed by atoms with Crippen molar-refractivity contribution in [3.63, 3.8) is 0 Å². The van der Waals surface area contributed by atoms with E-state index < -0.39 is 5.97 Å². The standard InChI is InChI=1S/C14H12BrClN2O2/c1-2-20-14(19)11-8-17-13(18-12(11)7-16)9-4-3-5-10(15)6-9/h3-6,8H,2,7H2,1H3. The smallest absolute Gasteiger partial charge is 0.341 e. The molecule has 104 valence electrons. The molecule has 1 aromatic carbocycles.